The van der Waals surface area contributed by atoms with Crippen molar-refractivity contribution in [3.63, 3.8) is 0 Å². The Hall–Kier alpha value is -1.07. The summed E-state index contributed by atoms with van der Waals surface area (Å²) in [6.07, 6.45) is 3.60. The minimum absolute atomic E-state index is 0.00361. The van der Waals surface area contributed by atoms with Gasteiger partial charge in [0, 0.05) is 29.6 Å². The number of likely N-dealkylation sites (tertiary alicyclic amines) is 1. The highest BCUT2D eigenvalue weighted by Crippen LogP contribution is 2.28. The van der Waals surface area contributed by atoms with Crippen LogP contribution in [0.1, 0.15) is 43.7 Å². The van der Waals surface area contributed by atoms with Crippen molar-refractivity contribution in [3.8, 4) is 0 Å². The zero-order chi connectivity index (χ0) is 16.8. The van der Waals surface area contributed by atoms with Crippen molar-refractivity contribution in [3.05, 3.63) is 29.3 Å². The van der Waals surface area contributed by atoms with Crippen LogP contribution in [0.3, 0.4) is 0 Å². The normalized spacial score (nSPS) is 22.1. The largest absolute Gasteiger partial charge is 0.324 e. The van der Waals surface area contributed by atoms with E-state index in [4.69, 9.17) is 0 Å². The predicted octanol–water partition coefficient (Wildman–Crippen LogP) is 4.49. The molecular weight excluding hydrogens is 311 g/mol. The van der Waals surface area contributed by atoms with Crippen LogP contribution in [0.4, 0.5) is 9.57 Å². The van der Waals surface area contributed by atoms with Crippen molar-refractivity contribution >= 4 is 23.7 Å². The van der Waals surface area contributed by atoms with Gasteiger partial charge >= 0.3 is 0 Å². The molecule has 23 heavy (non-hydrogen) atoms. The van der Waals surface area contributed by atoms with Gasteiger partial charge in [0.15, 0.2) is 0 Å². The Balaban J connectivity index is 2.09. The van der Waals surface area contributed by atoms with Crippen molar-refractivity contribution in [1.82, 2.24) is 4.90 Å². The zero-order valence-corrected chi connectivity index (χ0v) is 15.1. The van der Waals surface area contributed by atoms with Crippen LogP contribution in [-0.4, -0.2) is 35.2 Å². The summed E-state index contributed by atoms with van der Waals surface area (Å²) in [5, 5.41) is 3.10. The highest BCUT2D eigenvalue weighted by atomic mass is 32.2. The molecule has 1 N–H and O–H groups in total. The van der Waals surface area contributed by atoms with Crippen molar-refractivity contribution in [2.75, 3.05) is 18.4 Å². The minimum atomic E-state index is -0.149. The summed E-state index contributed by atoms with van der Waals surface area (Å²) in [5.41, 5.74) is 3.06. The molecule has 1 aromatic carbocycles. The Morgan fingerprint density at radius 2 is 2.04 bits per heavy atom. The molecule has 3 nitrogen and oxygen atoms in total. The van der Waals surface area contributed by atoms with E-state index in [0.717, 1.165) is 49.0 Å². The molecule has 1 fully saturated rings. The SMILES string of the molecule is CCCCN1CC(SF)CCC1C(=O)Nc1c(C)cccc1C. The number of piperidine rings is 1. The van der Waals surface area contributed by atoms with Crippen LogP contribution in [0.25, 0.3) is 0 Å². The van der Waals surface area contributed by atoms with E-state index in [0.29, 0.717) is 18.7 Å². The van der Waals surface area contributed by atoms with Crippen LogP contribution in [0.5, 0.6) is 0 Å². The summed E-state index contributed by atoms with van der Waals surface area (Å²) in [6, 6.07) is 5.86. The van der Waals surface area contributed by atoms with Crippen LogP contribution in [-0.2, 0) is 4.79 Å². The number of hydrogen-bond donors (Lipinski definition) is 1. The first-order valence-corrected chi connectivity index (χ1v) is 9.23. The summed E-state index contributed by atoms with van der Waals surface area (Å²) in [4.78, 5) is 14.9. The maximum absolute atomic E-state index is 12.9. The Morgan fingerprint density at radius 1 is 1.35 bits per heavy atom. The summed E-state index contributed by atoms with van der Waals surface area (Å²) >= 11 is 0.432. The van der Waals surface area contributed by atoms with E-state index < -0.39 is 0 Å². The van der Waals surface area contributed by atoms with E-state index in [-0.39, 0.29) is 17.2 Å². The number of halogens is 1. The van der Waals surface area contributed by atoms with Crippen molar-refractivity contribution in [2.24, 2.45) is 0 Å². The standard InChI is InChI=1S/C18H27FN2OS/c1-4-5-11-21-12-15(23-19)9-10-16(21)18(22)20-17-13(2)7-6-8-14(17)3/h6-8,15-16H,4-5,9-12H2,1-3H3,(H,20,22). The quantitative estimate of drug-likeness (QED) is 0.829. The highest BCUT2D eigenvalue weighted by molar-refractivity contribution is 7.94. The summed E-state index contributed by atoms with van der Waals surface area (Å²) in [6.45, 7) is 7.67. The lowest BCUT2D eigenvalue weighted by molar-refractivity contribution is -0.122. The summed E-state index contributed by atoms with van der Waals surface area (Å²) in [7, 11) is 0. The van der Waals surface area contributed by atoms with Crippen LogP contribution in [0, 0.1) is 13.8 Å². The van der Waals surface area contributed by atoms with E-state index in [1.165, 1.54) is 0 Å². The van der Waals surface area contributed by atoms with Crippen LogP contribution < -0.4 is 5.32 Å². The summed E-state index contributed by atoms with van der Waals surface area (Å²) in [5.74, 6) is 0.0424. The molecule has 1 aliphatic heterocycles. The van der Waals surface area contributed by atoms with Gasteiger partial charge in [0.25, 0.3) is 0 Å². The molecule has 0 aromatic heterocycles. The number of hydrogen-bond acceptors (Lipinski definition) is 3. The zero-order valence-electron chi connectivity index (χ0n) is 14.3. The average molecular weight is 338 g/mol. The topological polar surface area (TPSA) is 32.3 Å². The van der Waals surface area contributed by atoms with Crippen molar-refractivity contribution in [1.29, 1.82) is 0 Å². The average Bonchev–Trinajstić information content (AvgIpc) is 2.56. The minimum Gasteiger partial charge on any atom is -0.324 e. The molecule has 2 unspecified atom stereocenters. The van der Waals surface area contributed by atoms with Gasteiger partial charge in [-0.15, -0.1) is 0 Å². The molecule has 1 saturated heterocycles. The number of nitrogens with zero attached hydrogens (tertiary/aromatic N) is 1. The number of carbonyl (C=O) groups excluding carboxylic acids is 1. The molecule has 2 atom stereocenters. The Bertz CT molecular complexity index is 518. The number of benzene rings is 1. The molecule has 0 spiro atoms. The van der Waals surface area contributed by atoms with Crippen molar-refractivity contribution < 1.29 is 8.68 Å². The molecule has 0 saturated carbocycles. The van der Waals surface area contributed by atoms with Gasteiger partial charge in [-0.3, -0.25) is 9.69 Å². The lowest BCUT2D eigenvalue weighted by Gasteiger charge is -2.37. The number of rotatable bonds is 6. The smallest absolute Gasteiger partial charge is 0.241 e. The molecular formula is C18H27FN2OS. The molecule has 5 heteroatoms. The van der Waals surface area contributed by atoms with E-state index >= 15 is 0 Å². The summed E-state index contributed by atoms with van der Waals surface area (Å²) < 4.78 is 12.9. The monoisotopic (exact) mass is 338 g/mol. The van der Waals surface area contributed by atoms with E-state index in [9.17, 15) is 8.68 Å². The molecule has 128 valence electrons. The van der Waals surface area contributed by atoms with Gasteiger partial charge in [0.1, 0.15) is 0 Å². The van der Waals surface area contributed by atoms with Gasteiger partial charge < -0.3 is 5.32 Å². The van der Waals surface area contributed by atoms with Crippen LogP contribution in [0.15, 0.2) is 18.2 Å². The Labute approximate surface area is 143 Å². The maximum Gasteiger partial charge on any atom is 0.241 e. The molecule has 1 heterocycles. The third-order valence-electron chi connectivity index (χ3n) is 4.60. The molecule has 1 aromatic rings. The van der Waals surface area contributed by atoms with Gasteiger partial charge in [0.2, 0.25) is 5.91 Å². The lowest BCUT2D eigenvalue weighted by Crippen LogP contribution is -2.50. The van der Waals surface area contributed by atoms with Crippen molar-refractivity contribution in [2.45, 2.75) is 57.7 Å². The molecule has 1 amide bonds. The number of para-hydroxylation sites is 1. The number of anilines is 1. The molecule has 0 aliphatic carbocycles. The molecule has 1 aliphatic rings. The lowest BCUT2D eigenvalue weighted by atomic mass is 9.99. The van der Waals surface area contributed by atoms with Gasteiger partial charge in [-0.25, -0.2) is 0 Å². The molecule has 0 radical (unpaired) electrons. The number of amides is 1. The second-order valence-electron chi connectivity index (χ2n) is 6.41. The second kappa shape index (κ2) is 8.69. The first-order valence-electron chi connectivity index (χ1n) is 8.45. The van der Waals surface area contributed by atoms with Gasteiger partial charge in [-0.1, -0.05) is 31.5 Å². The number of aryl methyl sites for hydroxylation is 2. The van der Waals surface area contributed by atoms with Gasteiger partial charge in [-0.2, -0.15) is 3.89 Å². The Kier molecular flexibility index (Phi) is 6.90. The number of unbranched alkanes of at least 4 members (excludes halogenated alkanes) is 1. The first kappa shape index (κ1) is 18.3. The third kappa shape index (κ3) is 4.70. The fourth-order valence-corrected chi connectivity index (χ4v) is 3.68. The number of nitrogens with one attached hydrogen (secondary N) is 1. The van der Waals surface area contributed by atoms with Crippen LogP contribution in [0.2, 0.25) is 0 Å². The highest BCUT2D eigenvalue weighted by Gasteiger charge is 2.33. The maximum atomic E-state index is 12.9. The molecule has 2 rings (SSSR count). The Morgan fingerprint density at radius 3 is 2.65 bits per heavy atom. The number of carbonyl (C=O) groups is 1. The fourth-order valence-electron chi connectivity index (χ4n) is 3.20. The third-order valence-corrected chi connectivity index (χ3v) is 5.23. The second-order valence-corrected chi connectivity index (χ2v) is 7.25. The van der Waals surface area contributed by atoms with Crippen LogP contribution >= 0.6 is 12.1 Å². The molecule has 0 bridgehead atoms. The van der Waals surface area contributed by atoms with Gasteiger partial charge in [-0.05, 0) is 50.8 Å². The van der Waals surface area contributed by atoms with E-state index in [1.54, 1.807) is 0 Å². The predicted molar refractivity (Wildman–Crippen MR) is 96.5 cm³/mol. The van der Waals surface area contributed by atoms with E-state index in [2.05, 4.69) is 17.1 Å². The van der Waals surface area contributed by atoms with Gasteiger partial charge in [0.05, 0.1) is 6.04 Å². The fraction of sp³-hybridized carbons (Fsp3) is 0.611. The van der Waals surface area contributed by atoms with E-state index in [1.807, 2.05) is 32.0 Å². The first-order chi connectivity index (χ1) is 11.1.